The number of hydrogen-bond donors (Lipinski definition) is 1. The molecule has 6 heteroatoms. The summed E-state index contributed by atoms with van der Waals surface area (Å²) in [6, 6.07) is 5.06. The van der Waals surface area contributed by atoms with Crippen LogP contribution < -0.4 is 0 Å². The summed E-state index contributed by atoms with van der Waals surface area (Å²) in [5.74, 6) is 0. The zero-order valence-electron chi connectivity index (χ0n) is 10.8. The molecule has 0 saturated heterocycles. The first-order valence-electron chi connectivity index (χ1n) is 5.95. The Kier molecular flexibility index (Phi) is 6.27. The van der Waals surface area contributed by atoms with Gasteiger partial charge in [0.05, 0.1) is 18.8 Å². The van der Waals surface area contributed by atoms with E-state index in [4.69, 9.17) is 9.84 Å². The van der Waals surface area contributed by atoms with Crippen molar-refractivity contribution in [3.63, 3.8) is 0 Å². The van der Waals surface area contributed by atoms with Gasteiger partial charge in [0.25, 0.3) is 0 Å². The number of aliphatic hydroxyl groups is 1. The smallest absolute Gasteiger partial charge is 0.395 e. The van der Waals surface area contributed by atoms with Crippen LogP contribution in [-0.2, 0) is 17.5 Å². The fourth-order valence-corrected chi connectivity index (χ4v) is 1.69. The zero-order chi connectivity index (χ0) is 14.3. The monoisotopic (exact) mass is 277 g/mol. The first kappa shape index (κ1) is 15.9. The van der Waals surface area contributed by atoms with Crippen LogP contribution in [0.5, 0.6) is 0 Å². The zero-order valence-corrected chi connectivity index (χ0v) is 10.8. The van der Waals surface area contributed by atoms with Gasteiger partial charge >= 0.3 is 6.18 Å². The third-order valence-electron chi connectivity index (χ3n) is 2.72. The van der Waals surface area contributed by atoms with E-state index < -0.39 is 11.7 Å². The van der Waals surface area contributed by atoms with E-state index in [1.807, 2.05) is 4.90 Å². The van der Waals surface area contributed by atoms with Crippen molar-refractivity contribution in [3.8, 4) is 0 Å². The molecule has 0 bridgehead atoms. The highest BCUT2D eigenvalue weighted by molar-refractivity contribution is 5.24. The van der Waals surface area contributed by atoms with Crippen LogP contribution in [-0.4, -0.2) is 43.4 Å². The van der Waals surface area contributed by atoms with E-state index in [1.165, 1.54) is 12.1 Å². The summed E-state index contributed by atoms with van der Waals surface area (Å²) in [6.45, 7) is 2.09. The summed E-state index contributed by atoms with van der Waals surface area (Å²) < 4.78 is 42.2. The molecule has 19 heavy (non-hydrogen) atoms. The largest absolute Gasteiger partial charge is 0.416 e. The fraction of sp³-hybridized carbons (Fsp3) is 0.538. The second-order valence-electron chi connectivity index (χ2n) is 4.19. The standard InChI is InChI=1S/C13H18F3NO2/c1-19-9-7-17(6-8-18)10-11-2-4-12(5-3-11)13(14,15)16/h2-5,18H,6-10H2,1H3. The lowest BCUT2D eigenvalue weighted by Crippen LogP contribution is -2.29. The molecule has 0 aliphatic heterocycles. The van der Waals surface area contributed by atoms with Gasteiger partial charge in [-0.2, -0.15) is 13.2 Å². The molecule has 0 heterocycles. The fourth-order valence-electron chi connectivity index (χ4n) is 1.69. The number of hydrogen-bond acceptors (Lipinski definition) is 3. The molecule has 0 saturated carbocycles. The average molecular weight is 277 g/mol. The van der Waals surface area contributed by atoms with Crippen molar-refractivity contribution in [2.24, 2.45) is 0 Å². The Labute approximate surface area is 110 Å². The quantitative estimate of drug-likeness (QED) is 0.829. The van der Waals surface area contributed by atoms with Gasteiger partial charge < -0.3 is 9.84 Å². The highest BCUT2D eigenvalue weighted by atomic mass is 19.4. The molecule has 1 aromatic carbocycles. The van der Waals surface area contributed by atoms with E-state index in [9.17, 15) is 13.2 Å². The minimum atomic E-state index is -4.31. The van der Waals surface area contributed by atoms with Crippen LogP contribution in [0.15, 0.2) is 24.3 Å². The van der Waals surface area contributed by atoms with Crippen molar-refractivity contribution < 1.29 is 23.0 Å². The van der Waals surface area contributed by atoms with Crippen molar-refractivity contribution >= 4 is 0 Å². The maximum Gasteiger partial charge on any atom is 0.416 e. The summed E-state index contributed by atoms with van der Waals surface area (Å²) in [5, 5.41) is 8.93. The first-order valence-corrected chi connectivity index (χ1v) is 5.95. The lowest BCUT2D eigenvalue weighted by molar-refractivity contribution is -0.137. The minimum Gasteiger partial charge on any atom is -0.395 e. The van der Waals surface area contributed by atoms with E-state index in [2.05, 4.69) is 0 Å². The topological polar surface area (TPSA) is 32.7 Å². The van der Waals surface area contributed by atoms with Crippen LogP contribution in [0.25, 0.3) is 0 Å². The first-order chi connectivity index (χ1) is 8.97. The number of rotatable bonds is 7. The summed E-state index contributed by atoms with van der Waals surface area (Å²) in [5.41, 5.74) is 0.124. The number of aliphatic hydroxyl groups excluding tert-OH is 1. The molecule has 0 fully saturated rings. The van der Waals surface area contributed by atoms with Crippen LogP contribution in [0.2, 0.25) is 0 Å². The Balaban J connectivity index is 2.64. The van der Waals surface area contributed by atoms with E-state index in [0.717, 1.165) is 17.7 Å². The molecule has 0 aromatic heterocycles. The molecule has 0 spiro atoms. The summed E-state index contributed by atoms with van der Waals surface area (Å²) in [4.78, 5) is 1.92. The normalized spacial score (nSPS) is 12.1. The van der Waals surface area contributed by atoms with Crippen LogP contribution >= 0.6 is 0 Å². The van der Waals surface area contributed by atoms with E-state index >= 15 is 0 Å². The lowest BCUT2D eigenvalue weighted by atomic mass is 10.1. The van der Waals surface area contributed by atoms with Crippen molar-refractivity contribution in [2.75, 3.05) is 33.4 Å². The highest BCUT2D eigenvalue weighted by Crippen LogP contribution is 2.29. The van der Waals surface area contributed by atoms with Crippen LogP contribution in [0.3, 0.4) is 0 Å². The van der Waals surface area contributed by atoms with Gasteiger partial charge in [0.15, 0.2) is 0 Å². The average Bonchev–Trinajstić information content (AvgIpc) is 2.36. The molecular formula is C13H18F3NO2. The molecule has 0 aliphatic rings. The molecule has 0 radical (unpaired) electrons. The molecular weight excluding hydrogens is 259 g/mol. The third-order valence-corrected chi connectivity index (χ3v) is 2.72. The predicted octanol–water partition coefficient (Wildman–Crippen LogP) is 2.15. The van der Waals surface area contributed by atoms with Gasteiger partial charge in [-0.1, -0.05) is 12.1 Å². The maximum absolute atomic E-state index is 12.4. The van der Waals surface area contributed by atoms with Crippen molar-refractivity contribution in [1.82, 2.24) is 4.90 Å². The molecule has 0 amide bonds. The summed E-state index contributed by atoms with van der Waals surface area (Å²) in [7, 11) is 1.58. The SMILES string of the molecule is COCCN(CCO)Cc1ccc(C(F)(F)F)cc1. The Morgan fingerprint density at radius 2 is 1.79 bits per heavy atom. The van der Waals surface area contributed by atoms with Crippen molar-refractivity contribution in [2.45, 2.75) is 12.7 Å². The van der Waals surface area contributed by atoms with Crippen LogP contribution in [0.1, 0.15) is 11.1 Å². The second-order valence-corrected chi connectivity index (χ2v) is 4.19. The molecule has 1 aromatic rings. The number of nitrogens with zero attached hydrogens (tertiary/aromatic N) is 1. The third kappa shape index (κ3) is 5.59. The van der Waals surface area contributed by atoms with Crippen molar-refractivity contribution in [3.05, 3.63) is 35.4 Å². The number of halogens is 3. The Morgan fingerprint density at radius 1 is 1.16 bits per heavy atom. The summed E-state index contributed by atoms with van der Waals surface area (Å²) in [6.07, 6.45) is -4.31. The van der Waals surface area contributed by atoms with Crippen LogP contribution in [0, 0.1) is 0 Å². The van der Waals surface area contributed by atoms with Gasteiger partial charge in [0, 0.05) is 26.7 Å². The van der Waals surface area contributed by atoms with Gasteiger partial charge in [-0.25, -0.2) is 0 Å². The molecule has 0 atom stereocenters. The molecule has 0 unspecified atom stereocenters. The van der Waals surface area contributed by atoms with E-state index in [0.29, 0.717) is 26.2 Å². The van der Waals surface area contributed by atoms with E-state index in [1.54, 1.807) is 7.11 Å². The van der Waals surface area contributed by atoms with Gasteiger partial charge in [-0.05, 0) is 17.7 Å². The number of alkyl halides is 3. The maximum atomic E-state index is 12.4. The van der Waals surface area contributed by atoms with E-state index in [-0.39, 0.29) is 6.61 Å². The van der Waals surface area contributed by atoms with Crippen molar-refractivity contribution in [1.29, 1.82) is 0 Å². The van der Waals surface area contributed by atoms with Gasteiger partial charge in [-0.3, -0.25) is 4.90 Å². The van der Waals surface area contributed by atoms with Crippen LogP contribution in [0.4, 0.5) is 13.2 Å². The minimum absolute atomic E-state index is 0.00431. The summed E-state index contributed by atoms with van der Waals surface area (Å²) >= 11 is 0. The molecule has 1 N–H and O–H groups in total. The molecule has 0 aliphatic carbocycles. The number of ether oxygens (including phenoxy) is 1. The van der Waals surface area contributed by atoms with Gasteiger partial charge in [0.1, 0.15) is 0 Å². The molecule has 108 valence electrons. The Bertz CT molecular complexity index is 365. The second kappa shape index (κ2) is 7.47. The molecule has 3 nitrogen and oxygen atoms in total. The number of methoxy groups -OCH3 is 1. The predicted molar refractivity (Wildman–Crippen MR) is 65.7 cm³/mol. The highest BCUT2D eigenvalue weighted by Gasteiger charge is 2.29. The van der Waals surface area contributed by atoms with Gasteiger partial charge in [-0.15, -0.1) is 0 Å². The Hall–Kier alpha value is -1.11. The Morgan fingerprint density at radius 3 is 2.26 bits per heavy atom. The number of benzene rings is 1. The molecule has 1 rings (SSSR count). The lowest BCUT2D eigenvalue weighted by Gasteiger charge is -2.21. The van der Waals surface area contributed by atoms with Gasteiger partial charge in [0.2, 0.25) is 0 Å².